The van der Waals surface area contributed by atoms with Crippen LogP contribution >= 0.6 is 0 Å². The monoisotopic (exact) mass is 240 g/mol. The van der Waals surface area contributed by atoms with E-state index in [4.69, 9.17) is 9.47 Å². The maximum atomic E-state index is 11.6. The molecule has 1 aromatic rings. The van der Waals surface area contributed by atoms with E-state index in [-0.39, 0.29) is 17.4 Å². The van der Waals surface area contributed by atoms with Crippen molar-refractivity contribution >= 4 is 5.97 Å². The van der Waals surface area contributed by atoms with E-state index in [9.17, 15) is 9.59 Å². The van der Waals surface area contributed by atoms with Crippen LogP contribution in [0.5, 0.6) is 0 Å². The summed E-state index contributed by atoms with van der Waals surface area (Å²) < 4.78 is 11.0. The second-order valence-electron chi connectivity index (χ2n) is 3.73. The van der Waals surface area contributed by atoms with E-state index in [1.807, 2.05) is 0 Å². The molecule has 6 nitrogen and oxygen atoms in total. The Bertz CT molecular complexity index is 439. The van der Waals surface area contributed by atoms with Crippen LogP contribution in [-0.4, -0.2) is 35.6 Å². The smallest absolute Gasteiger partial charge is 0.359 e. The Labute approximate surface area is 99.2 Å². The Morgan fingerprint density at radius 3 is 2.76 bits per heavy atom. The Morgan fingerprint density at radius 1 is 1.47 bits per heavy atom. The maximum Gasteiger partial charge on any atom is 0.359 e. The quantitative estimate of drug-likeness (QED) is 0.699. The van der Waals surface area contributed by atoms with Crippen LogP contribution in [-0.2, 0) is 16.0 Å². The first kappa shape index (κ1) is 13.4. The molecule has 0 aromatic carbocycles. The lowest BCUT2D eigenvalue weighted by Crippen LogP contribution is -2.27. The molecule has 6 heteroatoms. The predicted molar refractivity (Wildman–Crippen MR) is 60.9 cm³/mol. The molecule has 17 heavy (non-hydrogen) atoms. The van der Waals surface area contributed by atoms with Crippen molar-refractivity contribution in [2.45, 2.75) is 26.5 Å². The number of ether oxygens (including phenoxy) is 2. The lowest BCUT2D eigenvalue weighted by molar-refractivity contribution is 0.0367. The van der Waals surface area contributed by atoms with Gasteiger partial charge in [-0.15, -0.1) is 0 Å². The molecule has 0 spiro atoms. The van der Waals surface area contributed by atoms with Crippen LogP contribution in [0.25, 0.3) is 0 Å². The van der Waals surface area contributed by atoms with E-state index in [1.54, 1.807) is 13.8 Å². The summed E-state index contributed by atoms with van der Waals surface area (Å²) >= 11 is 0. The Kier molecular flexibility index (Phi) is 4.84. The average Bonchev–Trinajstić information content (AvgIpc) is 2.27. The molecule has 0 fully saturated rings. The van der Waals surface area contributed by atoms with Gasteiger partial charge in [-0.25, -0.2) is 9.48 Å². The second-order valence-corrected chi connectivity index (χ2v) is 3.73. The number of nitrogens with zero attached hydrogens (tertiary/aromatic N) is 2. The summed E-state index contributed by atoms with van der Waals surface area (Å²) in [7, 11) is 1.53. The SMILES string of the molecule is COCCn1nc(C(=O)OC(C)C)ccc1=O. The van der Waals surface area contributed by atoms with Gasteiger partial charge in [-0.3, -0.25) is 4.79 Å². The lowest BCUT2D eigenvalue weighted by atomic mass is 10.4. The second kappa shape index (κ2) is 6.15. The fourth-order valence-corrected chi connectivity index (χ4v) is 1.17. The fraction of sp³-hybridized carbons (Fsp3) is 0.545. The molecule has 1 aromatic heterocycles. The highest BCUT2D eigenvalue weighted by atomic mass is 16.5. The molecule has 0 N–H and O–H groups in total. The predicted octanol–water partition coefficient (Wildman–Crippen LogP) is 0.455. The number of carbonyl (C=O) groups is 1. The van der Waals surface area contributed by atoms with Gasteiger partial charge in [0, 0.05) is 13.2 Å². The maximum absolute atomic E-state index is 11.6. The average molecular weight is 240 g/mol. The highest BCUT2D eigenvalue weighted by molar-refractivity contribution is 5.86. The molecule has 0 amide bonds. The van der Waals surface area contributed by atoms with Gasteiger partial charge in [-0.1, -0.05) is 0 Å². The molecule has 0 aliphatic carbocycles. The molecule has 0 unspecified atom stereocenters. The van der Waals surface area contributed by atoms with E-state index < -0.39 is 5.97 Å². The zero-order chi connectivity index (χ0) is 12.8. The van der Waals surface area contributed by atoms with Crippen LogP contribution in [0.15, 0.2) is 16.9 Å². The van der Waals surface area contributed by atoms with Crippen LogP contribution in [0.4, 0.5) is 0 Å². The van der Waals surface area contributed by atoms with Crippen molar-refractivity contribution in [2.24, 2.45) is 0 Å². The highest BCUT2D eigenvalue weighted by Gasteiger charge is 2.12. The summed E-state index contributed by atoms with van der Waals surface area (Å²) in [6.45, 7) is 4.16. The number of hydrogen-bond acceptors (Lipinski definition) is 5. The first-order chi connectivity index (χ1) is 8.04. The number of esters is 1. The largest absolute Gasteiger partial charge is 0.458 e. The number of aromatic nitrogens is 2. The van der Waals surface area contributed by atoms with Crippen molar-refractivity contribution in [1.82, 2.24) is 9.78 Å². The number of carbonyl (C=O) groups excluding carboxylic acids is 1. The zero-order valence-electron chi connectivity index (χ0n) is 10.2. The minimum atomic E-state index is -0.536. The third kappa shape index (κ3) is 3.99. The lowest BCUT2D eigenvalue weighted by Gasteiger charge is -2.08. The molecular weight excluding hydrogens is 224 g/mol. The van der Waals surface area contributed by atoms with Crippen LogP contribution in [0.2, 0.25) is 0 Å². The molecule has 0 saturated carbocycles. The normalized spacial score (nSPS) is 10.6. The first-order valence-corrected chi connectivity index (χ1v) is 5.32. The van der Waals surface area contributed by atoms with Crippen LogP contribution in [0.3, 0.4) is 0 Å². The van der Waals surface area contributed by atoms with Gasteiger partial charge in [0.05, 0.1) is 19.3 Å². The van der Waals surface area contributed by atoms with Gasteiger partial charge in [-0.05, 0) is 19.9 Å². The summed E-state index contributed by atoms with van der Waals surface area (Å²) in [5, 5.41) is 3.91. The number of methoxy groups -OCH3 is 1. The van der Waals surface area contributed by atoms with Gasteiger partial charge in [0.1, 0.15) is 0 Å². The Morgan fingerprint density at radius 2 is 2.18 bits per heavy atom. The molecule has 1 heterocycles. The molecule has 0 saturated heterocycles. The minimum Gasteiger partial charge on any atom is -0.458 e. The first-order valence-electron chi connectivity index (χ1n) is 5.32. The minimum absolute atomic E-state index is 0.120. The van der Waals surface area contributed by atoms with Crippen LogP contribution < -0.4 is 5.56 Å². The Hall–Kier alpha value is -1.69. The fourth-order valence-electron chi connectivity index (χ4n) is 1.17. The molecule has 0 atom stereocenters. The summed E-state index contributed by atoms with van der Waals surface area (Å²) in [4.78, 5) is 23.0. The highest BCUT2D eigenvalue weighted by Crippen LogP contribution is 1.98. The Balaban J connectivity index is 2.88. The van der Waals surface area contributed by atoms with Gasteiger partial charge in [0.2, 0.25) is 0 Å². The third-order valence-corrected chi connectivity index (χ3v) is 1.93. The zero-order valence-corrected chi connectivity index (χ0v) is 10.2. The number of rotatable bonds is 5. The summed E-state index contributed by atoms with van der Waals surface area (Å²) in [6, 6.07) is 2.65. The van der Waals surface area contributed by atoms with Gasteiger partial charge in [0.25, 0.3) is 5.56 Å². The molecule has 0 radical (unpaired) electrons. The van der Waals surface area contributed by atoms with Gasteiger partial charge >= 0.3 is 5.97 Å². The van der Waals surface area contributed by atoms with Crippen LogP contribution in [0.1, 0.15) is 24.3 Å². The summed E-state index contributed by atoms with van der Waals surface area (Å²) in [6.07, 6.45) is -0.219. The summed E-state index contributed by atoms with van der Waals surface area (Å²) in [5.41, 5.74) is -0.155. The van der Waals surface area contributed by atoms with Crippen molar-refractivity contribution < 1.29 is 14.3 Å². The van der Waals surface area contributed by atoms with E-state index >= 15 is 0 Å². The standard InChI is InChI=1S/C11H16N2O4/c1-8(2)17-11(15)9-4-5-10(14)13(12-9)6-7-16-3/h4-5,8H,6-7H2,1-3H3. The van der Waals surface area contributed by atoms with E-state index in [0.717, 1.165) is 0 Å². The van der Waals surface area contributed by atoms with Crippen molar-refractivity contribution in [3.05, 3.63) is 28.2 Å². The van der Waals surface area contributed by atoms with Crippen LogP contribution in [0, 0.1) is 0 Å². The van der Waals surface area contributed by atoms with Crippen molar-refractivity contribution in [3.63, 3.8) is 0 Å². The topological polar surface area (TPSA) is 70.4 Å². The third-order valence-electron chi connectivity index (χ3n) is 1.93. The van der Waals surface area contributed by atoms with Gasteiger partial charge < -0.3 is 9.47 Å². The molecule has 1 rings (SSSR count). The molecule has 0 aliphatic heterocycles. The van der Waals surface area contributed by atoms with E-state index in [0.29, 0.717) is 13.2 Å². The van der Waals surface area contributed by atoms with E-state index in [1.165, 1.54) is 23.9 Å². The van der Waals surface area contributed by atoms with Crippen molar-refractivity contribution in [1.29, 1.82) is 0 Å². The molecule has 0 bridgehead atoms. The summed E-state index contributed by atoms with van der Waals surface area (Å²) in [5.74, 6) is -0.536. The van der Waals surface area contributed by atoms with Gasteiger partial charge in [-0.2, -0.15) is 5.10 Å². The van der Waals surface area contributed by atoms with Crippen molar-refractivity contribution in [3.8, 4) is 0 Å². The molecule has 94 valence electrons. The number of hydrogen-bond donors (Lipinski definition) is 0. The van der Waals surface area contributed by atoms with Crippen molar-refractivity contribution in [2.75, 3.05) is 13.7 Å². The molecular formula is C11H16N2O4. The van der Waals surface area contributed by atoms with E-state index in [2.05, 4.69) is 5.10 Å². The molecule has 0 aliphatic rings. The van der Waals surface area contributed by atoms with Gasteiger partial charge in [0.15, 0.2) is 5.69 Å².